The Morgan fingerprint density at radius 3 is 2.38 bits per heavy atom. The molecule has 0 unspecified atom stereocenters. The highest BCUT2D eigenvalue weighted by Crippen LogP contribution is 2.25. The van der Waals surface area contributed by atoms with Gasteiger partial charge in [-0.1, -0.05) is 58.4 Å². The zero-order chi connectivity index (χ0) is 14.5. The normalized spacial score (nSPS) is 10.7. The second-order valence-electron chi connectivity index (χ2n) is 4.90. The van der Waals surface area contributed by atoms with Crippen molar-refractivity contribution in [2.45, 2.75) is 13.1 Å². The van der Waals surface area contributed by atoms with Crippen molar-refractivity contribution in [2.24, 2.45) is 0 Å². The summed E-state index contributed by atoms with van der Waals surface area (Å²) < 4.78 is 1.12. The lowest BCUT2D eigenvalue weighted by Gasteiger charge is -2.03. The van der Waals surface area contributed by atoms with Crippen LogP contribution in [0.5, 0.6) is 0 Å². The number of hydrogen-bond acceptors (Lipinski definition) is 2. The third kappa shape index (κ3) is 4.03. The van der Waals surface area contributed by atoms with E-state index in [0.29, 0.717) is 0 Å². The van der Waals surface area contributed by atoms with Crippen LogP contribution >= 0.6 is 27.3 Å². The third-order valence-corrected chi connectivity index (χ3v) is 4.77. The van der Waals surface area contributed by atoms with Gasteiger partial charge in [-0.15, -0.1) is 11.3 Å². The molecule has 0 aliphatic rings. The van der Waals surface area contributed by atoms with Gasteiger partial charge < -0.3 is 5.32 Å². The summed E-state index contributed by atoms with van der Waals surface area (Å²) in [7, 11) is 0. The summed E-state index contributed by atoms with van der Waals surface area (Å²) in [4.78, 5) is 1.37. The molecule has 0 atom stereocenters. The fraction of sp³-hybridized carbons (Fsp3) is 0.111. The summed E-state index contributed by atoms with van der Waals surface area (Å²) in [6.45, 7) is 1.80. The third-order valence-electron chi connectivity index (χ3n) is 3.30. The largest absolute Gasteiger partial charge is 0.308 e. The van der Waals surface area contributed by atoms with E-state index in [1.807, 2.05) is 11.3 Å². The van der Waals surface area contributed by atoms with Crippen molar-refractivity contribution in [1.82, 2.24) is 5.32 Å². The molecule has 0 aliphatic heterocycles. The van der Waals surface area contributed by atoms with E-state index in [-0.39, 0.29) is 0 Å². The molecule has 3 heteroatoms. The molecule has 0 radical (unpaired) electrons. The van der Waals surface area contributed by atoms with Gasteiger partial charge in [-0.2, -0.15) is 0 Å². The SMILES string of the molecule is Brc1ccc(CNCc2cc(-c3ccccc3)cs2)cc1. The molecule has 0 spiro atoms. The first-order valence-corrected chi connectivity index (χ1v) is 8.56. The van der Waals surface area contributed by atoms with Crippen molar-refractivity contribution >= 4 is 27.3 Å². The first-order chi connectivity index (χ1) is 10.3. The van der Waals surface area contributed by atoms with Gasteiger partial charge in [0.15, 0.2) is 0 Å². The quantitative estimate of drug-likeness (QED) is 0.638. The monoisotopic (exact) mass is 357 g/mol. The van der Waals surface area contributed by atoms with Crippen LogP contribution in [-0.2, 0) is 13.1 Å². The lowest BCUT2D eigenvalue weighted by Crippen LogP contribution is -2.11. The smallest absolute Gasteiger partial charge is 0.0303 e. The van der Waals surface area contributed by atoms with Gasteiger partial charge in [0.1, 0.15) is 0 Å². The molecule has 0 amide bonds. The molecule has 0 fully saturated rings. The Labute approximate surface area is 137 Å². The van der Waals surface area contributed by atoms with Gasteiger partial charge in [0.05, 0.1) is 0 Å². The van der Waals surface area contributed by atoms with Crippen LogP contribution in [0.2, 0.25) is 0 Å². The van der Waals surface area contributed by atoms with Crippen LogP contribution in [0.1, 0.15) is 10.4 Å². The van der Waals surface area contributed by atoms with Gasteiger partial charge in [-0.05, 0) is 40.3 Å². The number of thiophene rings is 1. The maximum absolute atomic E-state index is 3.50. The van der Waals surface area contributed by atoms with E-state index < -0.39 is 0 Å². The van der Waals surface area contributed by atoms with Gasteiger partial charge in [0.2, 0.25) is 0 Å². The van der Waals surface area contributed by atoms with Crippen molar-refractivity contribution in [3.8, 4) is 11.1 Å². The van der Waals surface area contributed by atoms with Gasteiger partial charge >= 0.3 is 0 Å². The van der Waals surface area contributed by atoms with Crippen molar-refractivity contribution in [1.29, 1.82) is 0 Å². The number of benzene rings is 2. The maximum atomic E-state index is 3.50. The minimum Gasteiger partial charge on any atom is -0.308 e. The van der Waals surface area contributed by atoms with Crippen molar-refractivity contribution in [3.63, 3.8) is 0 Å². The van der Waals surface area contributed by atoms with Crippen LogP contribution in [0.4, 0.5) is 0 Å². The molecule has 0 saturated carbocycles. The topological polar surface area (TPSA) is 12.0 Å². The molecular formula is C18H16BrNS. The van der Waals surface area contributed by atoms with Crippen molar-refractivity contribution < 1.29 is 0 Å². The Hall–Kier alpha value is -1.42. The average molecular weight is 358 g/mol. The minimum absolute atomic E-state index is 0.895. The molecule has 0 aliphatic carbocycles. The van der Waals surface area contributed by atoms with Crippen LogP contribution in [-0.4, -0.2) is 0 Å². The summed E-state index contributed by atoms with van der Waals surface area (Å²) in [5, 5.41) is 5.73. The summed E-state index contributed by atoms with van der Waals surface area (Å²) in [5.74, 6) is 0. The van der Waals surface area contributed by atoms with Gasteiger partial charge in [-0.25, -0.2) is 0 Å². The molecule has 1 N–H and O–H groups in total. The minimum atomic E-state index is 0.895. The molecule has 0 bridgehead atoms. The Morgan fingerprint density at radius 2 is 1.62 bits per heavy atom. The van der Waals surface area contributed by atoms with E-state index in [1.54, 1.807) is 0 Å². The summed E-state index contributed by atoms with van der Waals surface area (Å²) in [6, 6.07) is 21.2. The van der Waals surface area contributed by atoms with Crippen LogP contribution in [0.15, 0.2) is 70.5 Å². The number of rotatable bonds is 5. The number of nitrogens with one attached hydrogen (secondary N) is 1. The van der Waals surface area contributed by atoms with E-state index >= 15 is 0 Å². The highest BCUT2D eigenvalue weighted by Gasteiger charge is 2.02. The molecule has 21 heavy (non-hydrogen) atoms. The van der Waals surface area contributed by atoms with Gasteiger partial charge in [-0.3, -0.25) is 0 Å². The van der Waals surface area contributed by atoms with Crippen LogP contribution in [0.3, 0.4) is 0 Å². The second kappa shape index (κ2) is 7.03. The Bertz CT molecular complexity index is 689. The zero-order valence-electron chi connectivity index (χ0n) is 11.6. The Kier molecular flexibility index (Phi) is 4.86. The number of hydrogen-bond donors (Lipinski definition) is 1. The molecule has 1 heterocycles. The molecule has 0 saturated heterocycles. The maximum Gasteiger partial charge on any atom is 0.0303 e. The average Bonchev–Trinajstić information content (AvgIpc) is 2.99. The van der Waals surface area contributed by atoms with Crippen LogP contribution in [0, 0.1) is 0 Å². The zero-order valence-corrected chi connectivity index (χ0v) is 14.0. The summed E-state index contributed by atoms with van der Waals surface area (Å²) in [6.07, 6.45) is 0. The van der Waals surface area contributed by atoms with Crippen LogP contribution < -0.4 is 5.32 Å². The number of halogens is 1. The second-order valence-corrected chi connectivity index (χ2v) is 6.81. The van der Waals surface area contributed by atoms with E-state index in [0.717, 1.165) is 17.6 Å². The fourth-order valence-electron chi connectivity index (χ4n) is 2.19. The van der Waals surface area contributed by atoms with E-state index in [9.17, 15) is 0 Å². The van der Waals surface area contributed by atoms with E-state index in [1.165, 1.54) is 21.6 Å². The van der Waals surface area contributed by atoms with Crippen molar-refractivity contribution in [2.75, 3.05) is 0 Å². The lowest BCUT2D eigenvalue weighted by molar-refractivity contribution is 0.701. The Morgan fingerprint density at radius 1 is 0.857 bits per heavy atom. The molecular weight excluding hydrogens is 342 g/mol. The molecule has 3 aromatic rings. The predicted octanol–water partition coefficient (Wildman–Crippen LogP) is 5.47. The summed E-state index contributed by atoms with van der Waals surface area (Å²) >= 11 is 5.27. The molecule has 1 aromatic heterocycles. The van der Waals surface area contributed by atoms with Gasteiger partial charge in [0, 0.05) is 22.4 Å². The highest BCUT2D eigenvalue weighted by molar-refractivity contribution is 9.10. The van der Waals surface area contributed by atoms with E-state index in [2.05, 4.69) is 87.3 Å². The van der Waals surface area contributed by atoms with Crippen molar-refractivity contribution in [3.05, 3.63) is 81.0 Å². The predicted molar refractivity (Wildman–Crippen MR) is 94.4 cm³/mol. The first-order valence-electron chi connectivity index (χ1n) is 6.89. The van der Waals surface area contributed by atoms with Gasteiger partial charge in [0.25, 0.3) is 0 Å². The lowest BCUT2D eigenvalue weighted by atomic mass is 10.1. The molecule has 106 valence electrons. The highest BCUT2D eigenvalue weighted by atomic mass is 79.9. The first kappa shape index (κ1) is 14.5. The molecule has 1 nitrogen and oxygen atoms in total. The molecule has 2 aromatic carbocycles. The van der Waals surface area contributed by atoms with E-state index in [4.69, 9.17) is 0 Å². The summed E-state index contributed by atoms with van der Waals surface area (Å²) in [5.41, 5.74) is 3.90. The van der Waals surface area contributed by atoms with Crippen LogP contribution in [0.25, 0.3) is 11.1 Å². The fourth-order valence-corrected chi connectivity index (χ4v) is 3.31. The molecule has 3 rings (SSSR count). The Balaban J connectivity index is 1.57. The standard InChI is InChI=1S/C18H16BrNS/c19-17-8-6-14(7-9-17)11-20-12-18-10-16(13-21-18)15-4-2-1-3-5-15/h1-10,13,20H,11-12H2.